The molecule has 4 aliphatic rings. The molecule has 4 fully saturated rings. The molecule has 0 aromatic carbocycles. The van der Waals surface area contributed by atoms with Gasteiger partial charge in [-0.2, -0.15) is 0 Å². The summed E-state index contributed by atoms with van der Waals surface area (Å²) in [4.78, 5) is 2.76. The quantitative estimate of drug-likeness (QED) is 0.727. The van der Waals surface area contributed by atoms with E-state index in [-0.39, 0.29) is 6.10 Å². The minimum Gasteiger partial charge on any atom is -0.392 e. The molecule has 0 radical (unpaired) electrons. The molecule has 3 aliphatic carbocycles. The number of hydrogen-bond acceptors (Lipinski definition) is 4. The van der Waals surface area contributed by atoms with Gasteiger partial charge in [-0.15, -0.1) is 0 Å². The molecule has 0 aromatic rings. The molecule has 4 heteroatoms. The lowest BCUT2D eigenvalue weighted by Gasteiger charge is -2.42. The zero-order valence-corrected chi connectivity index (χ0v) is 16.6. The zero-order valence-electron chi connectivity index (χ0n) is 16.6. The molecule has 150 valence electrons. The fourth-order valence-electron chi connectivity index (χ4n) is 5.40. The monoisotopic (exact) mass is 364 g/mol. The Bertz CT molecular complexity index is 412. The van der Waals surface area contributed by atoms with E-state index in [0.29, 0.717) is 12.1 Å². The predicted molar refractivity (Wildman–Crippen MR) is 105 cm³/mol. The van der Waals surface area contributed by atoms with Gasteiger partial charge in [0.2, 0.25) is 0 Å². The molecular weight excluding hydrogens is 324 g/mol. The summed E-state index contributed by atoms with van der Waals surface area (Å²) >= 11 is 0. The Balaban J connectivity index is 1.11. The van der Waals surface area contributed by atoms with Crippen molar-refractivity contribution in [1.29, 1.82) is 0 Å². The highest BCUT2D eigenvalue weighted by atomic mass is 16.5. The van der Waals surface area contributed by atoms with Gasteiger partial charge in [0.1, 0.15) is 0 Å². The molecule has 1 heterocycles. The van der Waals surface area contributed by atoms with E-state index in [4.69, 9.17) is 4.74 Å². The van der Waals surface area contributed by atoms with Crippen LogP contribution in [0.15, 0.2) is 0 Å². The Labute approximate surface area is 160 Å². The third-order valence-corrected chi connectivity index (χ3v) is 7.45. The second kappa shape index (κ2) is 9.36. The predicted octanol–water partition coefficient (Wildman–Crippen LogP) is 3.33. The van der Waals surface area contributed by atoms with Gasteiger partial charge in [-0.1, -0.05) is 12.8 Å². The van der Waals surface area contributed by atoms with Crippen molar-refractivity contribution >= 4 is 0 Å². The highest BCUT2D eigenvalue weighted by Gasteiger charge is 2.31. The average Bonchev–Trinajstić information content (AvgIpc) is 3.49. The van der Waals surface area contributed by atoms with Crippen LogP contribution >= 0.6 is 0 Å². The number of aliphatic hydroxyl groups is 1. The van der Waals surface area contributed by atoms with E-state index in [2.05, 4.69) is 10.2 Å². The van der Waals surface area contributed by atoms with Crippen LogP contribution in [-0.2, 0) is 4.74 Å². The molecule has 3 saturated carbocycles. The fraction of sp³-hybridized carbons (Fsp3) is 1.00. The molecular formula is C22H40N2O2. The molecule has 2 N–H and O–H groups in total. The first-order valence-electron chi connectivity index (χ1n) is 11.5. The summed E-state index contributed by atoms with van der Waals surface area (Å²) < 4.78 is 5.93. The van der Waals surface area contributed by atoms with Gasteiger partial charge in [-0.3, -0.25) is 0 Å². The number of rotatable bonds is 7. The van der Waals surface area contributed by atoms with Crippen molar-refractivity contribution in [1.82, 2.24) is 10.2 Å². The van der Waals surface area contributed by atoms with E-state index >= 15 is 0 Å². The van der Waals surface area contributed by atoms with Gasteiger partial charge in [0.25, 0.3) is 0 Å². The summed E-state index contributed by atoms with van der Waals surface area (Å²) in [5, 5.41) is 14.0. The molecule has 0 amide bonds. The highest BCUT2D eigenvalue weighted by Crippen LogP contribution is 2.32. The molecule has 0 spiro atoms. The van der Waals surface area contributed by atoms with Crippen LogP contribution in [0, 0.1) is 11.8 Å². The number of likely N-dealkylation sites (tertiary alicyclic amines) is 1. The van der Waals surface area contributed by atoms with Gasteiger partial charge >= 0.3 is 0 Å². The topological polar surface area (TPSA) is 44.7 Å². The first kappa shape index (κ1) is 19.2. The zero-order chi connectivity index (χ0) is 17.8. The lowest BCUT2D eigenvalue weighted by molar-refractivity contribution is 0.0456. The van der Waals surface area contributed by atoms with Crippen molar-refractivity contribution in [3.63, 3.8) is 0 Å². The fourth-order valence-corrected chi connectivity index (χ4v) is 5.40. The van der Waals surface area contributed by atoms with Crippen molar-refractivity contribution in [2.75, 3.05) is 26.3 Å². The SMILES string of the molecule is O[C@@H]1CCCC[C@H]1NC1CCN([C@H]2CC[C@@H](COCC3CC3)CC2)CC1. The minimum atomic E-state index is -0.112. The number of piperidine rings is 1. The Kier molecular flexibility index (Phi) is 6.90. The Morgan fingerprint density at radius 3 is 2.00 bits per heavy atom. The maximum absolute atomic E-state index is 10.2. The third kappa shape index (κ3) is 5.43. The Morgan fingerprint density at radius 2 is 1.38 bits per heavy atom. The van der Waals surface area contributed by atoms with Gasteiger partial charge in [0, 0.05) is 31.3 Å². The van der Waals surface area contributed by atoms with Gasteiger partial charge in [-0.05, 0) is 89.1 Å². The lowest BCUT2D eigenvalue weighted by atomic mass is 9.84. The largest absolute Gasteiger partial charge is 0.392 e. The minimum absolute atomic E-state index is 0.112. The molecule has 0 unspecified atom stereocenters. The van der Waals surface area contributed by atoms with Crippen LogP contribution in [-0.4, -0.2) is 60.5 Å². The summed E-state index contributed by atoms with van der Waals surface area (Å²) in [5.74, 6) is 1.72. The second-order valence-corrected chi connectivity index (χ2v) is 9.59. The first-order chi connectivity index (χ1) is 12.8. The molecule has 26 heavy (non-hydrogen) atoms. The standard InChI is InChI=1S/C22H40N2O2/c25-22-4-2-1-3-21(22)23-19-11-13-24(14-12-19)20-9-7-18(8-10-20)16-26-15-17-5-6-17/h17-23,25H,1-16H2/t18-,20+,21-,22-/m1/s1. The second-order valence-electron chi connectivity index (χ2n) is 9.59. The van der Waals surface area contributed by atoms with Crippen LogP contribution in [0.4, 0.5) is 0 Å². The summed E-state index contributed by atoms with van der Waals surface area (Å²) in [5.41, 5.74) is 0. The van der Waals surface area contributed by atoms with Crippen LogP contribution in [0.25, 0.3) is 0 Å². The van der Waals surface area contributed by atoms with Crippen molar-refractivity contribution in [3.8, 4) is 0 Å². The number of hydrogen-bond donors (Lipinski definition) is 2. The van der Waals surface area contributed by atoms with Crippen LogP contribution in [0.5, 0.6) is 0 Å². The molecule has 4 rings (SSSR count). The van der Waals surface area contributed by atoms with Gasteiger partial charge in [0.15, 0.2) is 0 Å². The van der Waals surface area contributed by atoms with E-state index in [0.717, 1.165) is 43.9 Å². The molecule has 4 nitrogen and oxygen atoms in total. The van der Waals surface area contributed by atoms with Crippen LogP contribution in [0.3, 0.4) is 0 Å². The first-order valence-corrected chi connectivity index (χ1v) is 11.5. The molecule has 1 saturated heterocycles. The summed E-state index contributed by atoms with van der Waals surface area (Å²) in [6, 6.07) is 1.79. The Morgan fingerprint density at radius 1 is 0.769 bits per heavy atom. The van der Waals surface area contributed by atoms with Crippen molar-refractivity contribution in [2.45, 2.75) is 101 Å². The van der Waals surface area contributed by atoms with Crippen LogP contribution in [0.1, 0.15) is 77.0 Å². The van der Waals surface area contributed by atoms with E-state index < -0.39 is 0 Å². The van der Waals surface area contributed by atoms with Gasteiger partial charge in [-0.25, -0.2) is 0 Å². The molecule has 2 atom stereocenters. The summed E-state index contributed by atoms with van der Waals surface area (Å²) in [6.45, 7) is 4.52. The molecule has 1 aliphatic heterocycles. The van der Waals surface area contributed by atoms with E-state index in [1.54, 1.807) is 0 Å². The van der Waals surface area contributed by atoms with Crippen molar-refractivity contribution in [2.24, 2.45) is 11.8 Å². The number of ether oxygens (including phenoxy) is 1. The van der Waals surface area contributed by atoms with E-state index in [1.165, 1.54) is 77.3 Å². The number of nitrogens with zero attached hydrogens (tertiary/aromatic N) is 1. The summed E-state index contributed by atoms with van der Waals surface area (Å²) in [7, 11) is 0. The van der Waals surface area contributed by atoms with Crippen LogP contribution < -0.4 is 5.32 Å². The van der Waals surface area contributed by atoms with E-state index in [1.807, 2.05) is 0 Å². The van der Waals surface area contributed by atoms with Gasteiger partial charge < -0.3 is 20.1 Å². The Hall–Kier alpha value is -0.160. The van der Waals surface area contributed by atoms with Crippen LogP contribution in [0.2, 0.25) is 0 Å². The third-order valence-electron chi connectivity index (χ3n) is 7.45. The molecule has 0 aromatic heterocycles. The number of nitrogens with one attached hydrogen (secondary N) is 1. The maximum atomic E-state index is 10.2. The lowest BCUT2D eigenvalue weighted by Crippen LogP contribution is -2.52. The van der Waals surface area contributed by atoms with Crippen molar-refractivity contribution < 1.29 is 9.84 Å². The summed E-state index contributed by atoms with van der Waals surface area (Å²) in [6.07, 6.45) is 15.3. The smallest absolute Gasteiger partial charge is 0.0693 e. The van der Waals surface area contributed by atoms with Gasteiger partial charge in [0.05, 0.1) is 6.10 Å². The maximum Gasteiger partial charge on any atom is 0.0693 e. The van der Waals surface area contributed by atoms with Crippen molar-refractivity contribution in [3.05, 3.63) is 0 Å². The normalized spacial score (nSPS) is 37.7. The molecule has 0 bridgehead atoms. The highest BCUT2D eigenvalue weighted by molar-refractivity contribution is 4.89. The average molecular weight is 365 g/mol. The number of aliphatic hydroxyl groups excluding tert-OH is 1. The van der Waals surface area contributed by atoms with E-state index in [9.17, 15) is 5.11 Å².